The van der Waals surface area contributed by atoms with Crippen molar-refractivity contribution in [3.05, 3.63) is 18.5 Å². The second-order valence-corrected chi connectivity index (χ2v) is 7.83. The van der Waals surface area contributed by atoms with E-state index in [1.165, 1.54) is 25.9 Å². The van der Waals surface area contributed by atoms with E-state index < -0.39 is 0 Å². The van der Waals surface area contributed by atoms with Crippen molar-refractivity contribution >= 4 is 11.9 Å². The van der Waals surface area contributed by atoms with E-state index in [9.17, 15) is 4.79 Å². The summed E-state index contributed by atoms with van der Waals surface area (Å²) < 4.78 is 0. The van der Waals surface area contributed by atoms with Gasteiger partial charge in [0.15, 0.2) is 0 Å². The van der Waals surface area contributed by atoms with Crippen LogP contribution in [0.2, 0.25) is 0 Å². The average molecular weight is 358 g/mol. The quantitative estimate of drug-likeness (QED) is 0.789. The van der Waals surface area contributed by atoms with Crippen LogP contribution < -0.4 is 4.90 Å². The van der Waals surface area contributed by atoms with Crippen LogP contribution in [-0.4, -0.2) is 95.5 Å². The third-order valence-corrected chi connectivity index (χ3v) is 6.43. The molecular formula is C19H30N6O. The Balaban J connectivity index is 1.40. The Labute approximate surface area is 156 Å². The molecule has 7 nitrogen and oxygen atoms in total. The van der Waals surface area contributed by atoms with Crippen LogP contribution in [-0.2, 0) is 4.79 Å². The zero-order chi connectivity index (χ0) is 18.0. The number of piperidine rings is 1. The summed E-state index contributed by atoms with van der Waals surface area (Å²) in [4.78, 5) is 31.2. The van der Waals surface area contributed by atoms with Gasteiger partial charge < -0.3 is 14.7 Å². The molecule has 1 aromatic rings. The maximum Gasteiger partial charge on any atom is 0.243 e. The predicted molar refractivity (Wildman–Crippen MR) is 101 cm³/mol. The van der Waals surface area contributed by atoms with E-state index >= 15 is 0 Å². The SMILES string of the molecule is CN1CCN(CCN2CCCC2)C(=O)C12CCN(c1ncccn1)CC2. The number of likely N-dealkylation sites (N-methyl/N-ethyl adjacent to an activating group) is 1. The molecule has 3 aliphatic heterocycles. The van der Waals surface area contributed by atoms with Crippen LogP contribution in [0, 0.1) is 0 Å². The first kappa shape index (κ1) is 17.7. The number of carbonyl (C=O) groups excluding carboxylic acids is 1. The topological polar surface area (TPSA) is 55.8 Å². The van der Waals surface area contributed by atoms with Gasteiger partial charge in [-0.1, -0.05) is 0 Å². The summed E-state index contributed by atoms with van der Waals surface area (Å²) in [5, 5.41) is 0. The van der Waals surface area contributed by atoms with Gasteiger partial charge in [0.25, 0.3) is 0 Å². The molecule has 0 bridgehead atoms. The van der Waals surface area contributed by atoms with Gasteiger partial charge in [0, 0.05) is 51.7 Å². The van der Waals surface area contributed by atoms with E-state index in [1.807, 2.05) is 6.07 Å². The molecule has 3 saturated heterocycles. The number of carbonyl (C=O) groups is 1. The molecule has 0 N–H and O–H groups in total. The minimum Gasteiger partial charge on any atom is -0.341 e. The zero-order valence-electron chi connectivity index (χ0n) is 15.8. The highest BCUT2D eigenvalue weighted by atomic mass is 16.2. The first-order chi connectivity index (χ1) is 12.7. The van der Waals surface area contributed by atoms with Crippen molar-refractivity contribution in [1.29, 1.82) is 0 Å². The van der Waals surface area contributed by atoms with Crippen molar-refractivity contribution < 1.29 is 4.79 Å². The molecule has 1 aromatic heterocycles. The second-order valence-electron chi connectivity index (χ2n) is 7.83. The minimum absolute atomic E-state index is 0.332. The first-order valence-corrected chi connectivity index (χ1v) is 9.94. The Hall–Kier alpha value is -1.73. The van der Waals surface area contributed by atoms with Crippen LogP contribution in [0.4, 0.5) is 5.95 Å². The largest absolute Gasteiger partial charge is 0.341 e. The summed E-state index contributed by atoms with van der Waals surface area (Å²) in [5.41, 5.74) is -0.339. The van der Waals surface area contributed by atoms with Gasteiger partial charge in [-0.05, 0) is 51.9 Å². The van der Waals surface area contributed by atoms with E-state index in [2.05, 4.69) is 36.6 Å². The molecule has 0 aromatic carbocycles. The lowest BCUT2D eigenvalue weighted by Gasteiger charge is -2.51. The lowest BCUT2D eigenvalue weighted by atomic mass is 9.83. The van der Waals surface area contributed by atoms with Crippen LogP contribution in [0.5, 0.6) is 0 Å². The van der Waals surface area contributed by atoms with Crippen LogP contribution in [0.3, 0.4) is 0 Å². The maximum atomic E-state index is 13.4. The summed E-state index contributed by atoms with van der Waals surface area (Å²) >= 11 is 0. The summed E-state index contributed by atoms with van der Waals surface area (Å²) in [7, 11) is 2.12. The number of hydrogen-bond donors (Lipinski definition) is 0. The number of nitrogens with zero attached hydrogens (tertiary/aromatic N) is 6. The normalized spacial score (nSPS) is 24.6. The van der Waals surface area contributed by atoms with Gasteiger partial charge in [0.1, 0.15) is 5.54 Å². The predicted octanol–water partition coefficient (Wildman–Crippen LogP) is 0.685. The van der Waals surface area contributed by atoms with Crippen molar-refractivity contribution in [2.45, 2.75) is 31.2 Å². The molecule has 0 unspecified atom stereocenters. The Morgan fingerprint density at radius 1 is 0.962 bits per heavy atom. The van der Waals surface area contributed by atoms with Gasteiger partial charge in [-0.25, -0.2) is 9.97 Å². The average Bonchev–Trinajstić information content (AvgIpc) is 3.21. The fraction of sp³-hybridized carbons (Fsp3) is 0.737. The highest BCUT2D eigenvalue weighted by Gasteiger charge is 2.49. The molecule has 142 valence electrons. The second kappa shape index (κ2) is 7.48. The van der Waals surface area contributed by atoms with Crippen molar-refractivity contribution in [2.24, 2.45) is 0 Å². The molecule has 0 aliphatic carbocycles. The van der Waals surface area contributed by atoms with E-state index in [-0.39, 0.29) is 5.54 Å². The molecule has 7 heteroatoms. The van der Waals surface area contributed by atoms with Gasteiger partial charge in [0.2, 0.25) is 11.9 Å². The Kier molecular flexibility index (Phi) is 5.09. The molecule has 3 aliphatic rings. The lowest BCUT2D eigenvalue weighted by Crippen LogP contribution is -2.68. The highest BCUT2D eigenvalue weighted by molar-refractivity contribution is 5.87. The number of aromatic nitrogens is 2. The van der Waals surface area contributed by atoms with Crippen LogP contribution in [0.1, 0.15) is 25.7 Å². The van der Waals surface area contributed by atoms with E-state index in [1.54, 1.807) is 12.4 Å². The van der Waals surface area contributed by atoms with Gasteiger partial charge in [0.05, 0.1) is 0 Å². The Morgan fingerprint density at radius 2 is 1.65 bits per heavy atom. The van der Waals surface area contributed by atoms with Crippen LogP contribution >= 0.6 is 0 Å². The highest BCUT2D eigenvalue weighted by Crippen LogP contribution is 2.33. The van der Waals surface area contributed by atoms with Gasteiger partial charge >= 0.3 is 0 Å². The summed E-state index contributed by atoms with van der Waals surface area (Å²) in [5.74, 6) is 1.11. The molecule has 1 spiro atoms. The molecular weight excluding hydrogens is 328 g/mol. The fourth-order valence-corrected chi connectivity index (χ4v) is 4.65. The third kappa shape index (κ3) is 3.30. The summed E-state index contributed by atoms with van der Waals surface area (Å²) in [6.07, 6.45) is 7.87. The summed E-state index contributed by atoms with van der Waals surface area (Å²) in [6.45, 7) is 7.78. The zero-order valence-corrected chi connectivity index (χ0v) is 15.8. The maximum absolute atomic E-state index is 13.4. The molecule has 3 fully saturated rings. The molecule has 4 rings (SSSR count). The smallest absolute Gasteiger partial charge is 0.243 e. The Morgan fingerprint density at radius 3 is 2.35 bits per heavy atom. The van der Waals surface area contributed by atoms with Gasteiger partial charge in [-0.15, -0.1) is 0 Å². The lowest BCUT2D eigenvalue weighted by molar-refractivity contribution is -0.152. The van der Waals surface area contributed by atoms with Crippen molar-refractivity contribution in [2.75, 3.05) is 64.3 Å². The summed E-state index contributed by atoms with van der Waals surface area (Å²) in [6, 6.07) is 1.84. The molecule has 4 heterocycles. The Bertz CT molecular complexity index is 610. The molecule has 0 radical (unpaired) electrons. The van der Waals surface area contributed by atoms with E-state index in [4.69, 9.17) is 0 Å². The number of anilines is 1. The number of hydrogen-bond acceptors (Lipinski definition) is 6. The number of piperazine rings is 1. The molecule has 0 saturated carbocycles. The van der Waals surface area contributed by atoms with Crippen molar-refractivity contribution in [3.8, 4) is 0 Å². The number of likely N-dealkylation sites (tertiary alicyclic amines) is 1. The van der Waals surface area contributed by atoms with E-state index in [0.29, 0.717) is 5.91 Å². The number of rotatable bonds is 4. The third-order valence-electron chi connectivity index (χ3n) is 6.43. The van der Waals surface area contributed by atoms with Crippen molar-refractivity contribution in [3.63, 3.8) is 0 Å². The molecule has 0 atom stereocenters. The van der Waals surface area contributed by atoms with Gasteiger partial charge in [-0.2, -0.15) is 0 Å². The number of amides is 1. The standard InChI is InChI=1S/C19H30N6O/c1-22-13-15-24(16-14-23-9-2-3-10-23)17(26)19(22)5-11-25(12-6-19)18-20-7-4-8-21-18/h4,7-8H,2-3,5-6,9-16H2,1H3. The minimum atomic E-state index is -0.339. The van der Waals surface area contributed by atoms with Crippen LogP contribution in [0.25, 0.3) is 0 Å². The van der Waals surface area contributed by atoms with Gasteiger partial charge in [-0.3, -0.25) is 9.69 Å². The van der Waals surface area contributed by atoms with E-state index in [0.717, 1.165) is 58.1 Å². The molecule has 26 heavy (non-hydrogen) atoms. The van der Waals surface area contributed by atoms with Crippen molar-refractivity contribution in [1.82, 2.24) is 24.7 Å². The monoisotopic (exact) mass is 358 g/mol. The molecule has 1 amide bonds. The fourth-order valence-electron chi connectivity index (χ4n) is 4.65. The van der Waals surface area contributed by atoms with Crippen LogP contribution in [0.15, 0.2) is 18.5 Å². The first-order valence-electron chi connectivity index (χ1n) is 9.94.